The Labute approximate surface area is 121 Å². The summed E-state index contributed by atoms with van der Waals surface area (Å²) >= 11 is 0. The molecule has 1 aromatic rings. The molecule has 0 radical (unpaired) electrons. The molecule has 20 heavy (non-hydrogen) atoms. The average Bonchev–Trinajstić information content (AvgIpc) is 2.99. The summed E-state index contributed by atoms with van der Waals surface area (Å²) in [6.07, 6.45) is 4.90. The van der Waals surface area contributed by atoms with Gasteiger partial charge in [0.2, 0.25) is 5.91 Å². The number of carbonyl (C=O) groups is 1. The summed E-state index contributed by atoms with van der Waals surface area (Å²) in [6.45, 7) is 4.47. The van der Waals surface area contributed by atoms with Crippen LogP contribution >= 0.6 is 0 Å². The molecule has 1 fully saturated rings. The highest BCUT2D eigenvalue weighted by Crippen LogP contribution is 2.29. The Hall–Kier alpha value is -1.35. The summed E-state index contributed by atoms with van der Waals surface area (Å²) in [6, 6.07) is 10.1. The van der Waals surface area contributed by atoms with Crippen molar-refractivity contribution in [2.75, 3.05) is 6.54 Å². The SMILES string of the molecule is CC(C)(C(=O)NC(CN)C1CCCC1)c1ccccc1. The van der Waals surface area contributed by atoms with Crippen LogP contribution in [0, 0.1) is 5.92 Å². The number of hydrogen-bond acceptors (Lipinski definition) is 2. The van der Waals surface area contributed by atoms with Crippen LogP contribution in [-0.4, -0.2) is 18.5 Å². The van der Waals surface area contributed by atoms with Gasteiger partial charge in [0, 0.05) is 12.6 Å². The number of benzene rings is 1. The second-order valence-corrected chi connectivity index (χ2v) is 6.35. The van der Waals surface area contributed by atoms with Gasteiger partial charge in [-0.15, -0.1) is 0 Å². The summed E-state index contributed by atoms with van der Waals surface area (Å²) in [4.78, 5) is 12.6. The Bertz CT molecular complexity index is 436. The van der Waals surface area contributed by atoms with Gasteiger partial charge in [-0.2, -0.15) is 0 Å². The number of amides is 1. The Morgan fingerprint density at radius 3 is 2.45 bits per heavy atom. The van der Waals surface area contributed by atoms with Gasteiger partial charge in [-0.25, -0.2) is 0 Å². The standard InChI is InChI=1S/C17H26N2O/c1-17(2,14-10-4-3-5-11-14)16(20)19-15(12-18)13-8-6-7-9-13/h3-5,10-11,13,15H,6-9,12,18H2,1-2H3,(H,19,20). The van der Waals surface area contributed by atoms with Gasteiger partial charge in [0.15, 0.2) is 0 Å². The molecule has 0 saturated heterocycles. The van der Waals surface area contributed by atoms with Crippen LogP contribution in [0.4, 0.5) is 0 Å². The zero-order chi connectivity index (χ0) is 14.6. The van der Waals surface area contributed by atoms with Gasteiger partial charge in [0.1, 0.15) is 0 Å². The first-order valence-electron chi connectivity index (χ1n) is 7.62. The zero-order valence-corrected chi connectivity index (χ0v) is 12.6. The third-order valence-electron chi connectivity index (χ3n) is 4.60. The van der Waals surface area contributed by atoms with Crippen molar-refractivity contribution in [3.63, 3.8) is 0 Å². The molecule has 1 aromatic carbocycles. The van der Waals surface area contributed by atoms with E-state index in [1.807, 2.05) is 44.2 Å². The predicted molar refractivity (Wildman–Crippen MR) is 82.4 cm³/mol. The number of carbonyl (C=O) groups excluding carboxylic acids is 1. The zero-order valence-electron chi connectivity index (χ0n) is 12.6. The maximum absolute atomic E-state index is 12.6. The van der Waals surface area contributed by atoms with Crippen molar-refractivity contribution in [3.8, 4) is 0 Å². The minimum atomic E-state index is -0.521. The average molecular weight is 274 g/mol. The topological polar surface area (TPSA) is 55.1 Å². The highest BCUT2D eigenvalue weighted by Gasteiger charge is 2.33. The lowest BCUT2D eigenvalue weighted by molar-refractivity contribution is -0.126. The van der Waals surface area contributed by atoms with Crippen molar-refractivity contribution in [3.05, 3.63) is 35.9 Å². The minimum absolute atomic E-state index is 0.0750. The van der Waals surface area contributed by atoms with Gasteiger partial charge in [-0.1, -0.05) is 43.2 Å². The molecular formula is C17H26N2O. The molecule has 1 unspecified atom stereocenters. The van der Waals surface area contributed by atoms with Crippen LogP contribution in [0.3, 0.4) is 0 Å². The number of rotatable bonds is 5. The highest BCUT2D eigenvalue weighted by atomic mass is 16.2. The third-order valence-corrected chi connectivity index (χ3v) is 4.60. The molecule has 110 valence electrons. The first-order valence-corrected chi connectivity index (χ1v) is 7.62. The van der Waals surface area contributed by atoms with E-state index in [1.165, 1.54) is 25.7 Å². The predicted octanol–water partition coefficient (Wildman–Crippen LogP) is 2.60. The molecule has 1 atom stereocenters. The van der Waals surface area contributed by atoms with Crippen LogP contribution in [0.1, 0.15) is 45.1 Å². The third kappa shape index (κ3) is 3.21. The van der Waals surface area contributed by atoms with Crippen LogP contribution in [0.25, 0.3) is 0 Å². The maximum Gasteiger partial charge on any atom is 0.230 e. The van der Waals surface area contributed by atoms with Crippen molar-refractivity contribution < 1.29 is 4.79 Å². The second-order valence-electron chi connectivity index (χ2n) is 6.35. The molecule has 0 aliphatic heterocycles. The second kappa shape index (κ2) is 6.40. The van der Waals surface area contributed by atoms with E-state index in [2.05, 4.69) is 5.32 Å². The first kappa shape index (κ1) is 15.0. The molecule has 1 aliphatic carbocycles. The quantitative estimate of drug-likeness (QED) is 0.867. The van der Waals surface area contributed by atoms with Crippen molar-refractivity contribution in [2.24, 2.45) is 11.7 Å². The molecule has 1 saturated carbocycles. The lowest BCUT2D eigenvalue weighted by Gasteiger charge is -2.30. The van der Waals surface area contributed by atoms with Gasteiger partial charge in [-0.05, 0) is 38.2 Å². The van der Waals surface area contributed by atoms with Crippen LogP contribution in [0.5, 0.6) is 0 Å². The lowest BCUT2D eigenvalue weighted by atomic mass is 9.83. The highest BCUT2D eigenvalue weighted by molar-refractivity contribution is 5.87. The maximum atomic E-state index is 12.6. The van der Waals surface area contributed by atoms with E-state index in [9.17, 15) is 4.79 Å². The summed E-state index contributed by atoms with van der Waals surface area (Å²) in [5.41, 5.74) is 6.39. The van der Waals surface area contributed by atoms with E-state index in [4.69, 9.17) is 5.73 Å². The van der Waals surface area contributed by atoms with E-state index in [-0.39, 0.29) is 11.9 Å². The van der Waals surface area contributed by atoms with E-state index >= 15 is 0 Å². The van der Waals surface area contributed by atoms with E-state index in [0.717, 1.165) is 5.56 Å². The van der Waals surface area contributed by atoms with Gasteiger partial charge in [0.25, 0.3) is 0 Å². The lowest BCUT2D eigenvalue weighted by Crippen LogP contribution is -2.50. The van der Waals surface area contributed by atoms with Crippen molar-refractivity contribution in [1.29, 1.82) is 0 Å². The Balaban J connectivity index is 2.06. The van der Waals surface area contributed by atoms with Gasteiger partial charge < -0.3 is 11.1 Å². The molecule has 0 bridgehead atoms. The fourth-order valence-corrected chi connectivity index (χ4v) is 3.06. The molecule has 0 spiro atoms. The summed E-state index contributed by atoms with van der Waals surface area (Å²) in [7, 11) is 0. The molecule has 3 nitrogen and oxygen atoms in total. The summed E-state index contributed by atoms with van der Waals surface area (Å²) in [5.74, 6) is 0.626. The van der Waals surface area contributed by atoms with Crippen molar-refractivity contribution >= 4 is 5.91 Å². The van der Waals surface area contributed by atoms with E-state index < -0.39 is 5.41 Å². The smallest absolute Gasteiger partial charge is 0.230 e. The first-order chi connectivity index (χ1) is 9.55. The Morgan fingerprint density at radius 1 is 1.30 bits per heavy atom. The van der Waals surface area contributed by atoms with Crippen molar-refractivity contribution in [1.82, 2.24) is 5.32 Å². The van der Waals surface area contributed by atoms with Crippen LogP contribution in [-0.2, 0) is 10.2 Å². The normalized spacial score (nSPS) is 17.9. The number of hydrogen-bond donors (Lipinski definition) is 2. The largest absolute Gasteiger partial charge is 0.351 e. The molecule has 0 heterocycles. The molecule has 3 heteroatoms. The number of nitrogens with two attached hydrogens (primary N) is 1. The Morgan fingerprint density at radius 2 is 1.90 bits per heavy atom. The minimum Gasteiger partial charge on any atom is -0.351 e. The monoisotopic (exact) mass is 274 g/mol. The molecule has 0 aromatic heterocycles. The fraction of sp³-hybridized carbons (Fsp3) is 0.588. The molecule has 3 N–H and O–H groups in total. The molecule has 2 rings (SSSR count). The molecule has 1 aliphatic rings. The molecular weight excluding hydrogens is 248 g/mol. The summed E-state index contributed by atoms with van der Waals surface area (Å²) < 4.78 is 0. The van der Waals surface area contributed by atoms with Gasteiger partial charge in [-0.3, -0.25) is 4.79 Å². The van der Waals surface area contributed by atoms with Gasteiger partial charge in [0.05, 0.1) is 5.41 Å². The number of nitrogens with one attached hydrogen (secondary N) is 1. The van der Waals surface area contributed by atoms with Gasteiger partial charge >= 0.3 is 0 Å². The van der Waals surface area contributed by atoms with Crippen LogP contribution in [0.2, 0.25) is 0 Å². The molecule has 1 amide bonds. The summed E-state index contributed by atoms with van der Waals surface area (Å²) in [5, 5.41) is 3.18. The van der Waals surface area contributed by atoms with Crippen LogP contribution in [0.15, 0.2) is 30.3 Å². The van der Waals surface area contributed by atoms with E-state index in [1.54, 1.807) is 0 Å². The Kier molecular flexibility index (Phi) is 4.81. The fourth-order valence-electron chi connectivity index (χ4n) is 3.06. The van der Waals surface area contributed by atoms with Crippen LogP contribution < -0.4 is 11.1 Å². The van der Waals surface area contributed by atoms with Crippen molar-refractivity contribution in [2.45, 2.75) is 51.0 Å². The van der Waals surface area contributed by atoms with E-state index in [0.29, 0.717) is 12.5 Å².